The first-order valence-corrected chi connectivity index (χ1v) is 9.85. The molecule has 0 unspecified atom stereocenters. The van der Waals surface area contributed by atoms with Gasteiger partial charge in [0.2, 0.25) is 0 Å². The normalized spacial score (nSPS) is 20.4. The van der Waals surface area contributed by atoms with Gasteiger partial charge >= 0.3 is 0 Å². The molecule has 2 fully saturated rings. The lowest BCUT2D eigenvalue weighted by atomic mass is 9.81. The molecule has 0 spiro atoms. The third kappa shape index (κ3) is 3.47. The SMILES string of the molecule is O=C(c1nc2ccccn2c1CN1CCCC(CO)(CO)C1)N1CCCC1. The molecule has 1 amide bonds. The van der Waals surface area contributed by atoms with E-state index >= 15 is 0 Å². The molecule has 0 saturated carbocycles. The molecule has 2 aromatic heterocycles. The van der Waals surface area contributed by atoms with Gasteiger partial charge in [-0.1, -0.05) is 6.07 Å². The number of pyridine rings is 1. The summed E-state index contributed by atoms with van der Waals surface area (Å²) in [6.07, 6.45) is 5.80. The maximum absolute atomic E-state index is 13.1. The Morgan fingerprint density at radius 3 is 2.63 bits per heavy atom. The Kier molecular flexibility index (Phi) is 5.16. The number of rotatable bonds is 5. The first-order valence-electron chi connectivity index (χ1n) is 9.85. The van der Waals surface area contributed by atoms with Crippen LogP contribution in [0.15, 0.2) is 24.4 Å². The molecule has 2 saturated heterocycles. The summed E-state index contributed by atoms with van der Waals surface area (Å²) in [5, 5.41) is 19.6. The molecule has 2 aromatic rings. The summed E-state index contributed by atoms with van der Waals surface area (Å²) in [6.45, 7) is 3.65. The topological polar surface area (TPSA) is 81.3 Å². The zero-order valence-electron chi connectivity index (χ0n) is 15.7. The number of fused-ring (bicyclic) bond motifs is 1. The van der Waals surface area contributed by atoms with Crippen molar-refractivity contribution in [1.29, 1.82) is 0 Å². The summed E-state index contributed by atoms with van der Waals surface area (Å²) >= 11 is 0. The highest BCUT2D eigenvalue weighted by molar-refractivity contribution is 5.94. The van der Waals surface area contributed by atoms with Crippen molar-refractivity contribution >= 4 is 11.6 Å². The van der Waals surface area contributed by atoms with E-state index in [1.165, 1.54) is 0 Å². The molecular formula is C20H28N4O3. The number of aromatic nitrogens is 2. The molecule has 27 heavy (non-hydrogen) atoms. The minimum Gasteiger partial charge on any atom is -0.396 e. The average Bonchev–Trinajstić information content (AvgIpc) is 3.36. The predicted octanol–water partition coefficient (Wildman–Crippen LogP) is 1.14. The van der Waals surface area contributed by atoms with Gasteiger partial charge in [0.15, 0.2) is 5.69 Å². The first-order chi connectivity index (χ1) is 13.2. The zero-order chi connectivity index (χ0) is 18.9. The largest absolute Gasteiger partial charge is 0.396 e. The van der Waals surface area contributed by atoms with Crippen molar-refractivity contribution in [3.05, 3.63) is 35.8 Å². The van der Waals surface area contributed by atoms with E-state index in [2.05, 4.69) is 9.88 Å². The van der Waals surface area contributed by atoms with Gasteiger partial charge in [-0.05, 0) is 44.4 Å². The van der Waals surface area contributed by atoms with Gasteiger partial charge in [0.1, 0.15) is 5.65 Å². The first kappa shape index (κ1) is 18.4. The number of carbonyl (C=O) groups is 1. The van der Waals surface area contributed by atoms with E-state index in [9.17, 15) is 15.0 Å². The molecule has 4 rings (SSSR count). The Morgan fingerprint density at radius 2 is 1.89 bits per heavy atom. The van der Waals surface area contributed by atoms with Gasteiger partial charge in [0.25, 0.3) is 5.91 Å². The van der Waals surface area contributed by atoms with Crippen LogP contribution in [0.4, 0.5) is 0 Å². The third-order valence-corrected chi connectivity index (χ3v) is 6.01. The number of likely N-dealkylation sites (tertiary alicyclic amines) is 2. The highest BCUT2D eigenvalue weighted by Crippen LogP contribution is 2.30. The Morgan fingerprint density at radius 1 is 1.11 bits per heavy atom. The van der Waals surface area contributed by atoms with Crippen LogP contribution in [0.1, 0.15) is 41.9 Å². The molecule has 2 N–H and O–H groups in total. The second kappa shape index (κ2) is 7.58. The molecule has 4 heterocycles. The molecule has 146 valence electrons. The zero-order valence-corrected chi connectivity index (χ0v) is 15.7. The monoisotopic (exact) mass is 372 g/mol. The fourth-order valence-corrected chi connectivity index (χ4v) is 4.40. The number of aliphatic hydroxyl groups excluding tert-OH is 2. The van der Waals surface area contributed by atoms with Gasteiger partial charge in [-0.15, -0.1) is 0 Å². The highest BCUT2D eigenvalue weighted by atomic mass is 16.3. The molecule has 0 radical (unpaired) electrons. The smallest absolute Gasteiger partial charge is 0.274 e. The molecule has 2 aliphatic rings. The Hall–Kier alpha value is -1.96. The number of nitrogens with zero attached hydrogens (tertiary/aromatic N) is 4. The van der Waals surface area contributed by atoms with Crippen molar-refractivity contribution in [2.45, 2.75) is 32.2 Å². The standard InChI is InChI=1S/C20H28N4O3/c25-14-20(15-26)7-5-8-22(13-20)12-16-18(19(27)23-9-3-4-10-23)21-17-6-1-2-11-24(16)17/h1-2,6,11,25-26H,3-5,7-10,12-15H2. The Bertz CT molecular complexity index is 809. The van der Waals surface area contributed by atoms with Crippen molar-refractivity contribution in [3.63, 3.8) is 0 Å². The molecule has 0 aromatic carbocycles. The van der Waals surface area contributed by atoms with E-state index in [0.717, 1.165) is 56.7 Å². The molecule has 0 atom stereocenters. The number of aliphatic hydroxyl groups is 2. The van der Waals surface area contributed by atoms with E-state index < -0.39 is 5.41 Å². The van der Waals surface area contributed by atoms with E-state index in [1.807, 2.05) is 33.7 Å². The maximum Gasteiger partial charge on any atom is 0.274 e. The van der Waals surface area contributed by atoms with E-state index in [0.29, 0.717) is 18.8 Å². The fourth-order valence-electron chi connectivity index (χ4n) is 4.40. The Balaban J connectivity index is 1.65. The van der Waals surface area contributed by atoms with Crippen LogP contribution in [0.2, 0.25) is 0 Å². The van der Waals surface area contributed by atoms with Crippen LogP contribution in [0.3, 0.4) is 0 Å². The second-order valence-corrected chi connectivity index (χ2v) is 7.97. The number of imidazole rings is 1. The third-order valence-electron chi connectivity index (χ3n) is 6.01. The van der Waals surface area contributed by atoms with Crippen LogP contribution < -0.4 is 0 Å². The number of amides is 1. The summed E-state index contributed by atoms with van der Waals surface area (Å²) in [4.78, 5) is 21.8. The predicted molar refractivity (Wildman–Crippen MR) is 101 cm³/mol. The van der Waals surface area contributed by atoms with Gasteiger partial charge < -0.3 is 19.5 Å². The van der Waals surface area contributed by atoms with Crippen molar-refractivity contribution in [2.75, 3.05) is 39.4 Å². The minimum absolute atomic E-state index is 0.0128. The van der Waals surface area contributed by atoms with Gasteiger partial charge in [0, 0.05) is 37.8 Å². The van der Waals surface area contributed by atoms with Crippen LogP contribution in [0.25, 0.3) is 5.65 Å². The van der Waals surface area contributed by atoms with Crippen molar-refractivity contribution in [3.8, 4) is 0 Å². The van der Waals surface area contributed by atoms with Crippen molar-refractivity contribution < 1.29 is 15.0 Å². The molecule has 2 aliphatic heterocycles. The quantitative estimate of drug-likeness (QED) is 0.823. The lowest BCUT2D eigenvalue weighted by Crippen LogP contribution is -2.47. The highest BCUT2D eigenvalue weighted by Gasteiger charge is 2.35. The second-order valence-electron chi connectivity index (χ2n) is 7.97. The van der Waals surface area contributed by atoms with Crippen LogP contribution in [0, 0.1) is 5.41 Å². The summed E-state index contributed by atoms with van der Waals surface area (Å²) in [5.41, 5.74) is 1.75. The van der Waals surface area contributed by atoms with Gasteiger partial charge in [-0.2, -0.15) is 0 Å². The van der Waals surface area contributed by atoms with Crippen molar-refractivity contribution in [1.82, 2.24) is 19.2 Å². The summed E-state index contributed by atoms with van der Waals surface area (Å²) < 4.78 is 2.00. The van der Waals surface area contributed by atoms with E-state index in [4.69, 9.17) is 0 Å². The van der Waals surface area contributed by atoms with Crippen LogP contribution in [-0.2, 0) is 6.54 Å². The lowest BCUT2D eigenvalue weighted by molar-refractivity contribution is -0.0136. The summed E-state index contributed by atoms with van der Waals surface area (Å²) in [5.74, 6) is 0.0128. The average molecular weight is 372 g/mol. The summed E-state index contributed by atoms with van der Waals surface area (Å²) in [7, 11) is 0. The van der Waals surface area contributed by atoms with Crippen LogP contribution >= 0.6 is 0 Å². The van der Waals surface area contributed by atoms with Crippen molar-refractivity contribution in [2.24, 2.45) is 5.41 Å². The lowest BCUT2D eigenvalue weighted by Gasteiger charge is -2.40. The van der Waals surface area contributed by atoms with E-state index in [-0.39, 0.29) is 19.1 Å². The molecular weight excluding hydrogens is 344 g/mol. The fraction of sp³-hybridized carbons (Fsp3) is 0.600. The van der Waals surface area contributed by atoms with Gasteiger partial charge in [-0.25, -0.2) is 4.98 Å². The molecule has 7 heteroatoms. The number of hydrogen-bond acceptors (Lipinski definition) is 5. The van der Waals surface area contributed by atoms with E-state index in [1.54, 1.807) is 0 Å². The number of hydrogen-bond donors (Lipinski definition) is 2. The van der Waals surface area contributed by atoms with Gasteiger partial charge in [-0.3, -0.25) is 9.69 Å². The molecule has 0 bridgehead atoms. The van der Waals surface area contributed by atoms with Crippen LogP contribution in [0.5, 0.6) is 0 Å². The number of carbonyl (C=O) groups excluding carboxylic acids is 1. The number of piperidine rings is 1. The summed E-state index contributed by atoms with van der Waals surface area (Å²) in [6, 6.07) is 5.80. The minimum atomic E-state index is -0.460. The molecule has 7 nitrogen and oxygen atoms in total. The Labute approximate surface area is 159 Å². The van der Waals surface area contributed by atoms with Gasteiger partial charge in [0.05, 0.1) is 18.9 Å². The van der Waals surface area contributed by atoms with Crippen LogP contribution in [-0.4, -0.2) is 74.7 Å². The molecule has 0 aliphatic carbocycles. The maximum atomic E-state index is 13.1.